The van der Waals surface area contributed by atoms with Crippen molar-refractivity contribution < 1.29 is 47.8 Å². The van der Waals surface area contributed by atoms with Gasteiger partial charge in [0, 0.05) is 55.1 Å². The quantitative estimate of drug-likeness (QED) is 0.190. The zero-order chi connectivity index (χ0) is 57.5. The lowest BCUT2D eigenvalue weighted by atomic mass is 9.98. The molecule has 0 radical (unpaired) electrons. The van der Waals surface area contributed by atoms with Gasteiger partial charge in [0.1, 0.15) is 49.5 Å². The van der Waals surface area contributed by atoms with Crippen LogP contribution in [0.25, 0.3) is 0 Å². The number of carbonyl (C=O) groups excluding carboxylic acids is 8. The van der Waals surface area contributed by atoms with Gasteiger partial charge in [0.25, 0.3) is 0 Å². The SMILES string of the molecule is CC(C)CC(C(=O)N(C)[C@H]1COC(=O)[C@H](Cc2ccccc2)N(C)C(=O)[C@H](CC(C)C)N(C)C(=O)[C@@H](N(C)C(=O)[C@H](CC(C)C)N(C)C)COC(=O)[C@H](Cc2ccccc2)N(C)C(=O)[C@H](CC(C)C)N(C)C1=O)N(C)C. The maximum Gasteiger partial charge on any atom is 0.329 e. The highest BCUT2D eigenvalue weighted by Gasteiger charge is 2.45. The molecule has 1 saturated heterocycles. The first kappa shape index (κ1) is 64.4. The van der Waals surface area contributed by atoms with Crippen LogP contribution in [0.15, 0.2) is 60.7 Å². The zero-order valence-corrected chi connectivity index (χ0v) is 49.0. The first-order chi connectivity index (χ1) is 35.5. The molecule has 1 aliphatic rings. The number of hydrogen-bond acceptors (Lipinski definition) is 12. The first-order valence-corrected chi connectivity index (χ1v) is 26.9. The van der Waals surface area contributed by atoms with Gasteiger partial charge in [-0.3, -0.25) is 38.6 Å². The van der Waals surface area contributed by atoms with Crippen molar-refractivity contribution in [2.24, 2.45) is 23.7 Å². The molecule has 0 N–H and O–H groups in total. The maximum absolute atomic E-state index is 15.3. The Morgan fingerprint density at radius 2 is 0.750 bits per heavy atom. The Bertz CT molecular complexity index is 2090. The molecule has 0 bridgehead atoms. The topological polar surface area (TPSA) is 181 Å². The van der Waals surface area contributed by atoms with Crippen LogP contribution in [-0.4, -0.2) is 219 Å². The molecule has 3 rings (SSSR count). The summed E-state index contributed by atoms with van der Waals surface area (Å²) < 4.78 is 12.3. The van der Waals surface area contributed by atoms with Gasteiger partial charge in [-0.2, -0.15) is 0 Å². The van der Waals surface area contributed by atoms with E-state index in [9.17, 15) is 19.2 Å². The predicted molar refractivity (Wildman–Crippen MR) is 294 cm³/mol. The molecule has 1 fully saturated rings. The van der Waals surface area contributed by atoms with E-state index in [1.165, 1.54) is 71.7 Å². The van der Waals surface area contributed by atoms with E-state index in [1.54, 1.807) is 86.5 Å². The normalized spacial score (nSPS) is 22.2. The van der Waals surface area contributed by atoms with E-state index in [0.717, 1.165) is 0 Å². The number of esters is 2. The van der Waals surface area contributed by atoms with Crippen LogP contribution in [0.4, 0.5) is 0 Å². The number of nitrogens with zero attached hydrogens (tertiary/aromatic N) is 8. The van der Waals surface area contributed by atoms with Crippen molar-refractivity contribution in [1.29, 1.82) is 0 Å². The van der Waals surface area contributed by atoms with E-state index in [2.05, 4.69) is 0 Å². The van der Waals surface area contributed by atoms with E-state index in [0.29, 0.717) is 24.0 Å². The second-order valence-electron chi connectivity index (χ2n) is 22.9. The van der Waals surface area contributed by atoms with Crippen molar-refractivity contribution in [3.63, 3.8) is 0 Å². The van der Waals surface area contributed by atoms with Crippen LogP contribution in [-0.2, 0) is 60.7 Å². The summed E-state index contributed by atoms with van der Waals surface area (Å²) >= 11 is 0. The van der Waals surface area contributed by atoms with Crippen molar-refractivity contribution in [3.05, 3.63) is 71.8 Å². The van der Waals surface area contributed by atoms with E-state index in [4.69, 9.17) is 9.47 Å². The van der Waals surface area contributed by atoms with Gasteiger partial charge >= 0.3 is 11.9 Å². The summed E-state index contributed by atoms with van der Waals surface area (Å²) in [6.07, 6.45) is 1.15. The summed E-state index contributed by atoms with van der Waals surface area (Å²) in [6, 6.07) is 8.86. The highest BCUT2D eigenvalue weighted by atomic mass is 16.5. The molecule has 76 heavy (non-hydrogen) atoms. The molecule has 1 heterocycles. The Morgan fingerprint density at radius 1 is 0.461 bits per heavy atom. The molecule has 18 nitrogen and oxygen atoms in total. The number of rotatable bonds is 18. The minimum Gasteiger partial charge on any atom is -0.461 e. The van der Waals surface area contributed by atoms with Crippen LogP contribution in [0.5, 0.6) is 0 Å². The Hall–Kier alpha value is -5.88. The van der Waals surface area contributed by atoms with Crippen LogP contribution in [0.3, 0.4) is 0 Å². The summed E-state index contributed by atoms with van der Waals surface area (Å²) in [6.45, 7) is 14.3. The van der Waals surface area contributed by atoms with E-state index >= 15 is 19.2 Å². The molecule has 2 aromatic carbocycles. The fraction of sp³-hybridized carbons (Fsp3) is 0.655. The monoisotopic (exact) mass is 1060 g/mol. The van der Waals surface area contributed by atoms with Crippen LogP contribution in [0.2, 0.25) is 0 Å². The van der Waals surface area contributed by atoms with Gasteiger partial charge in [-0.25, -0.2) is 9.59 Å². The average Bonchev–Trinajstić information content (AvgIpc) is 3.36. The average molecular weight is 1060 g/mol. The number of carbonyl (C=O) groups is 8. The van der Waals surface area contributed by atoms with Crippen LogP contribution in [0.1, 0.15) is 92.2 Å². The first-order valence-electron chi connectivity index (χ1n) is 26.9. The smallest absolute Gasteiger partial charge is 0.329 e. The third kappa shape index (κ3) is 17.6. The van der Waals surface area contributed by atoms with Crippen molar-refractivity contribution in [3.8, 4) is 0 Å². The van der Waals surface area contributed by atoms with E-state index in [-0.39, 0.29) is 49.4 Å². The maximum atomic E-state index is 15.3. The van der Waals surface area contributed by atoms with Crippen LogP contribution >= 0.6 is 0 Å². The molecule has 0 spiro atoms. The molecule has 0 saturated carbocycles. The van der Waals surface area contributed by atoms with Crippen molar-refractivity contribution in [2.75, 3.05) is 83.7 Å². The molecule has 2 aromatic rings. The van der Waals surface area contributed by atoms with E-state index < -0.39 is 109 Å². The third-order valence-electron chi connectivity index (χ3n) is 14.5. The minimum atomic E-state index is -1.44. The minimum absolute atomic E-state index is 0.0165. The lowest BCUT2D eigenvalue weighted by Gasteiger charge is -2.40. The largest absolute Gasteiger partial charge is 0.461 e. The Labute approximate surface area is 454 Å². The molecule has 18 heteroatoms. The molecular weight excluding hydrogens is 969 g/mol. The second kappa shape index (κ2) is 29.6. The number of cyclic esters (lactones) is 2. The van der Waals surface area contributed by atoms with Gasteiger partial charge in [-0.1, -0.05) is 116 Å². The van der Waals surface area contributed by atoms with Gasteiger partial charge in [-0.05, 0) is 88.7 Å². The van der Waals surface area contributed by atoms with Crippen molar-refractivity contribution >= 4 is 47.4 Å². The van der Waals surface area contributed by atoms with Crippen LogP contribution < -0.4 is 0 Å². The summed E-state index contributed by atoms with van der Waals surface area (Å²) in [4.78, 5) is 131. The molecule has 1 unspecified atom stereocenters. The van der Waals surface area contributed by atoms with Gasteiger partial charge in [0.15, 0.2) is 0 Å². The number of likely N-dealkylation sites (N-methyl/N-ethyl adjacent to an activating group) is 8. The number of ether oxygens (including phenoxy) is 2. The third-order valence-corrected chi connectivity index (χ3v) is 14.5. The molecular formula is C58H92N8O10. The number of benzene rings is 2. The zero-order valence-electron chi connectivity index (χ0n) is 49.0. The summed E-state index contributed by atoms with van der Waals surface area (Å²) in [5, 5.41) is 0. The van der Waals surface area contributed by atoms with Gasteiger partial charge in [0.05, 0.1) is 12.1 Å². The van der Waals surface area contributed by atoms with Gasteiger partial charge in [0.2, 0.25) is 35.4 Å². The summed E-state index contributed by atoms with van der Waals surface area (Å²) in [5.74, 6) is -5.28. The number of amides is 6. The fourth-order valence-corrected chi connectivity index (χ4v) is 9.68. The molecule has 0 aromatic heterocycles. The second-order valence-corrected chi connectivity index (χ2v) is 22.9. The fourth-order valence-electron chi connectivity index (χ4n) is 9.68. The lowest BCUT2D eigenvalue weighted by molar-refractivity contribution is -0.166. The summed E-state index contributed by atoms with van der Waals surface area (Å²) in [7, 11) is 15.9. The van der Waals surface area contributed by atoms with E-state index in [1.807, 2.05) is 67.5 Å². The Kier molecular flexibility index (Phi) is 25.1. The highest BCUT2D eigenvalue weighted by Crippen LogP contribution is 2.24. The molecule has 0 aliphatic carbocycles. The van der Waals surface area contributed by atoms with Crippen molar-refractivity contribution in [2.45, 2.75) is 142 Å². The van der Waals surface area contributed by atoms with Gasteiger partial charge in [-0.15, -0.1) is 0 Å². The predicted octanol–water partition coefficient (Wildman–Crippen LogP) is 4.58. The molecule has 424 valence electrons. The Balaban J connectivity index is 2.43. The summed E-state index contributed by atoms with van der Waals surface area (Å²) in [5.41, 5.74) is 1.38. The molecule has 1 aliphatic heterocycles. The van der Waals surface area contributed by atoms with Crippen LogP contribution in [0, 0.1) is 23.7 Å². The number of hydrogen-bond donors (Lipinski definition) is 0. The standard InChI is InChI=1S/C58H92N8O10/c1-37(2)29-43(59(9)10)51(67)65(17)49-35-75-57(73)47(33-41-25-21-19-22-26-41)63(15)54(70)46(32-40(7)8)62(14)56(72)50(66(18)52(68)44(60(11)12)30-38(3)4)36-76-58(74)48(34-42-27-23-20-24-28-42)64(16)53(69)45(31-39(5)6)61(13)55(49)71/h19-28,37-40,43-50H,29-36H2,1-18H3/t43-,44?,45-,46-,47-,48-,49-,50-/m0/s1. The van der Waals surface area contributed by atoms with Gasteiger partial charge < -0.3 is 38.9 Å². The van der Waals surface area contributed by atoms with Crippen molar-refractivity contribution in [1.82, 2.24) is 39.2 Å². The molecule has 8 atom stereocenters. The molecule has 6 amide bonds. The highest BCUT2D eigenvalue weighted by molar-refractivity contribution is 5.96. The lowest BCUT2D eigenvalue weighted by Crippen LogP contribution is -2.61. The Morgan fingerprint density at radius 3 is 1.01 bits per heavy atom.